The molecule has 0 heterocycles. The molecular formula is C14H23N3O3S. The van der Waals surface area contributed by atoms with Crippen LogP contribution in [0.5, 0.6) is 0 Å². The number of nitrogens with zero attached hydrogens (tertiary/aromatic N) is 1. The predicted molar refractivity (Wildman–Crippen MR) is 83.4 cm³/mol. The topological polar surface area (TPSA) is 92.5 Å². The second kappa shape index (κ2) is 6.13. The molecule has 1 rings (SSSR count). The number of carbonyl (C=O) groups excluding carboxylic acids is 1. The zero-order chi connectivity index (χ0) is 16.4. The van der Waals surface area contributed by atoms with Gasteiger partial charge in [0.25, 0.3) is 0 Å². The van der Waals surface area contributed by atoms with Crippen molar-refractivity contribution in [3.63, 3.8) is 0 Å². The Balaban J connectivity index is 2.88. The van der Waals surface area contributed by atoms with Crippen molar-refractivity contribution in [3.8, 4) is 0 Å². The van der Waals surface area contributed by atoms with Gasteiger partial charge in [-0.05, 0) is 29.7 Å². The minimum absolute atomic E-state index is 0.172. The Kier molecular flexibility index (Phi) is 5.14. The molecule has 0 saturated heterocycles. The van der Waals surface area contributed by atoms with Gasteiger partial charge in [-0.2, -0.15) is 0 Å². The van der Waals surface area contributed by atoms with Crippen molar-refractivity contribution in [3.05, 3.63) is 24.3 Å². The molecule has 1 amide bonds. The largest absolute Gasteiger partial charge is 0.325 e. The van der Waals surface area contributed by atoms with Crippen LogP contribution >= 0.6 is 0 Å². The van der Waals surface area contributed by atoms with Gasteiger partial charge in [-0.15, -0.1) is 0 Å². The Labute approximate surface area is 126 Å². The van der Waals surface area contributed by atoms with Crippen LogP contribution in [-0.2, 0) is 14.8 Å². The molecule has 0 radical (unpaired) electrons. The highest BCUT2D eigenvalue weighted by molar-refractivity contribution is 7.89. The number of benzene rings is 1. The van der Waals surface area contributed by atoms with Crippen LogP contribution in [0, 0.1) is 5.41 Å². The standard InChI is InChI=1S/C14H23N3O3S/c1-14(2,3)12(15)13(18)16-10-6-8-11(9-7-10)21(19,20)17(4)5/h6-9,12H,15H2,1-5H3,(H,16,18)/t12-/m1/s1. The first-order chi connectivity index (χ1) is 9.46. The Hall–Kier alpha value is -1.44. The maximum absolute atomic E-state index is 12.0. The summed E-state index contributed by atoms with van der Waals surface area (Å²) in [7, 11) is -0.534. The van der Waals surface area contributed by atoms with Crippen LogP contribution in [0.4, 0.5) is 5.69 Å². The van der Waals surface area contributed by atoms with Gasteiger partial charge >= 0.3 is 0 Å². The minimum Gasteiger partial charge on any atom is -0.325 e. The number of nitrogens with two attached hydrogens (primary N) is 1. The lowest BCUT2D eigenvalue weighted by Gasteiger charge is -2.25. The van der Waals surface area contributed by atoms with E-state index < -0.39 is 16.1 Å². The molecule has 0 saturated carbocycles. The maximum atomic E-state index is 12.0. The average Bonchev–Trinajstić information content (AvgIpc) is 2.37. The van der Waals surface area contributed by atoms with E-state index in [-0.39, 0.29) is 16.2 Å². The lowest BCUT2D eigenvalue weighted by Crippen LogP contribution is -2.45. The van der Waals surface area contributed by atoms with Gasteiger partial charge in [0.15, 0.2) is 0 Å². The zero-order valence-electron chi connectivity index (χ0n) is 13.0. The second-order valence-electron chi connectivity index (χ2n) is 6.14. The predicted octanol–water partition coefficient (Wildman–Crippen LogP) is 1.25. The fraction of sp³-hybridized carbons (Fsp3) is 0.500. The maximum Gasteiger partial charge on any atom is 0.242 e. The zero-order valence-corrected chi connectivity index (χ0v) is 13.9. The van der Waals surface area contributed by atoms with E-state index in [0.29, 0.717) is 5.69 Å². The quantitative estimate of drug-likeness (QED) is 0.875. The van der Waals surface area contributed by atoms with Gasteiger partial charge in [0, 0.05) is 19.8 Å². The highest BCUT2D eigenvalue weighted by atomic mass is 32.2. The Morgan fingerprint density at radius 1 is 1.19 bits per heavy atom. The van der Waals surface area contributed by atoms with E-state index >= 15 is 0 Å². The highest BCUT2D eigenvalue weighted by Gasteiger charge is 2.27. The number of anilines is 1. The van der Waals surface area contributed by atoms with E-state index in [2.05, 4.69) is 5.32 Å². The SMILES string of the molecule is CN(C)S(=O)(=O)c1ccc(NC(=O)[C@@H](N)C(C)(C)C)cc1. The molecule has 0 spiro atoms. The third-order valence-electron chi connectivity index (χ3n) is 3.12. The van der Waals surface area contributed by atoms with Gasteiger partial charge < -0.3 is 11.1 Å². The van der Waals surface area contributed by atoms with Crippen LogP contribution in [0.2, 0.25) is 0 Å². The average molecular weight is 313 g/mol. The van der Waals surface area contributed by atoms with E-state index in [1.165, 1.54) is 26.2 Å². The van der Waals surface area contributed by atoms with Crippen molar-refractivity contribution in [2.45, 2.75) is 31.7 Å². The molecule has 7 heteroatoms. The molecule has 0 aromatic heterocycles. The lowest BCUT2D eigenvalue weighted by atomic mass is 9.87. The number of nitrogens with one attached hydrogen (secondary N) is 1. The van der Waals surface area contributed by atoms with Gasteiger partial charge in [-0.3, -0.25) is 4.79 Å². The van der Waals surface area contributed by atoms with E-state index in [1.807, 2.05) is 20.8 Å². The van der Waals surface area contributed by atoms with Crippen LogP contribution in [0.1, 0.15) is 20.8 Å². The van der Waals surface area contributed by atoms with Crippen molar-refractivity contribution < 1.29 is 13.2 Å². The smallest absolute Gasteiger partial charge is 0.242 e. The summed E-state index contributed by atoms with van der Waals surface area (Å²) in [4.78, 5) is 12.2. The van der Waals surface area contributed by atoms with Crippen molar-refractivity contribution >= 4 is 21.6 Å². The summed E-state index contributed by atoms with van der Waals surface area (Å²) < 4.78 is 25.0. The molecule has 1 atom stereocenters. The summed E-state index contributed by atoms with van der Waals surface area (Å²) in [5, 5.41) is 2.68. The van der Waals surface area contributed by atoms with Crippen LogP contribution in [-0.4, -0.2) is 38.8 Å². The first kappa shape index (κ1) is 17.6. The van der Waals surface area contributed by atoms with Crippen LogP contribution in [0.25, 0.3) is 0 Å². The molecule has 0 aliphatic rings. The number of hydrogen-bond acceptors (Lipinski definition) is 4. The van der Waals surface area contributed by atoms with Crippen molar-refractivity contribution in [2.24, 2.45) is 11.1 Å². The molecule has 6 nitrogen and oxygen atoms in total. The molecule has 3 N–H and O–H groups in total. The Morgan fingerprint density at radius 3 is 2.05 bits per heavy atom. The van der Waals surface area contributed by atoms with E-state index in [1.54, 1.807) is 12.1 Å². The van der Waals surface area contributed by atoms with Crippen molar-refractivity contribution in [2.75, 3.05) is 19.4 Å². The summed E-state index contributed by atoms with van der Waals surface area (Å²) >= 11 is 0. The monoisotopic (exact) mass is 313 g/mol. The van der Waals surface area contributed by atoms with E-state index in [0.717, 1.165) is 4.31 Å². The third kappa shape index (κ3) is 4.26. The van der Waals surface area contributed by atoms with Crippen LogP contribution < -0.4 is 11.1 Å². The van der Waals surface area contributed by atoms with Crippen LogP contribution in [0.3, 0.4) is 0 Å². The van der Waals surface area contributed by atoms with Crippen molar-refractivity contribution in [1.82, 2.24) is 4.31 Å². The summed E-state index contributed by atoms with van der Waals surface area (Å²) in [5.74, 6) is -0.300. The number of carbonyl (C=O) groups is 1. The number of amides is 1. The third-order valence-corrected chi connectivity index (χ3v) is 4.95. The molecule has 118 valence electrons. The van der Waals surface area contributed by atoms with Gasteiger partial charge in [0.2, 0.25) is 15.9 Å². The fourth-order valence-electron chi connectivity index (χ4n) is 1.53. The first-order valence-electron chi connectivity index (χ1n) is 6.55. The second-order valence-corrected chi connectivity index (χ2v) is 8.30. The van der Waals surface area contributed by atoms with Gasteiger partial charge in [0.1, 0.15) is 0 Å². The molecular weight excluding hydrogens is 290 g/mol. The van der Waals surface area contributed by atoms with E-state index in [9.17, 15) is 13.2 Å². The molecule has 0 aliphatic heterocycles. The summed E-state index contributed by atoms with van der Waals surface area (Å²) in [6, 6.07) is 5.34. The molecule has 0 fully saturated rings. The number of hydrogen-bond donors (Lipinski definition) is 2. The van der Waals surface area contributed by atoms with Crippen LogP contribution in [0.15, 0.2) is 29.2 Å². The van der Waals surface area contributed by atoms with E-state index in [4.69, 9.17) is 5.73 Å². The molecule has 0 bridgehead atoms. The summed E-state index contributed by atoms with van der Waals surface area (Å²) in [5.41, 5.74) is 6.03. The van der Waals surface area contributed by atoms with Gasteiger partial charge in [-0.1, -0.05) is 20.8 Å². The minimum atomic E-state index is -3.47. The van der Waals surface area contributed by atoms with Gasteiger partial charge in [-0.25, -0.2) is 12.7 Å². The van der Waals surface area contributed by atoms with Crippen molar-refractivity contribution in [1.29, 1.82) is 0 Å². The summed E-state index contributed by atoms with van der Waals surface area (Å²) in [6.07, 6.45) is 0. The molecule has 1 aromatic carbocycles. The number of rotatable bonds is 4. The summed E-state index contributed by atoms with van der Waals surface area (Å²) in [6.45, 7) is 5.64. The molecule has 1 aromatic rings. The molecule has 0 unspecified atom stereocenters. The first-order valence-corrected chi connectivity index (χ1v) is 7.99. The lowest BCUT2D eigenvalue weighted by molar-refractivity contribution is -0.119. The highest BCUT2D eigenvalue weighted by Crippen LogP contribution is 2.20. The molecule has 21 heavy (non-hydrogen) atoms. The normalized spacial score (nSPS) is 14.0. The Morgan fingerprint density at radius 2 is 1.67 bits per heavy atom. The Bertz CT molecular complexity index is 601. The van der Waals surface area contributed by atoms with Gasteiger partial charge in [0.05, 0.1) is 10.9 Å². The fourth-order valence-corrected chi connectivity index (χ4v) is 2.44. The number of sulfonamides is 1. The molecule has 0 aliphatic carbocycles.